The Labute approximate surface area is 107 Å². The second-order valence-corrected chi connectivity index (χ2v) is 5.38. The van der Waals surface area contributed by atoms with Gasteiger partial charge in [-0.2, -0.15) is 0 Å². The molecular weight excluding hydrogens is 228 g/mol. The van der Waals surface area contributed by atoms with E-state index in [1.165, 1.54) is 0 Å². The Morgan fingerprint density at radius 2 is 2.33 bits per heavy atom. The zero-order chi connectivity index (χ0) is 12.8. The molecule has 0 aromatic heterocycles. The maximum Gasteiger partial charge on any atom is 0.228 e. The molecule has 0 radical (unpaired) electrons. The summed E-state index contributed by atoms with van der Waals surface area (Å²) < 4.78 is 5.79. The minimum absolute atomic E-state index is 0.0547. The van der Waals surface area contributed by atoms with E-state index in [1.54, 1.807) is 0 Å². The zero-order valence-corrected chi connectivity index (χ0v) is 10.5. The van der Waals surface area contributed by atoms with Crippen LogP contribution in [0.2, 0.25) is 0 Å². The average Bonchev–Trinajstić information content (AvgIpc) is 2.93. The third-order valence-corrected chi connectivity index (χ3v) is 4.02. The summed E-state index contributed by atoms with van der Waals surface area (Å²) in [4.78, 5) is 11.3. The molecule has 1 aromatic rings. The molecule has 2 atom stereocenters. The molecule has 1 fully saturated rings. The van der Waals surface area contributed by atoms with Gasteiger partial charge in [0.15, 0.2) is 0 Å². The van der Waals surface area contributed by atoms with Gasteiger partial charge in [0.1, 0.15) is 0 Å². The number of anilines is 1. The van der Waals surface area contributed by atoms with Crippen LogP contribution in [-0.4, -0.2) is 18.1 Å². The smallest absolute Gasteiger partial charge is 0.228 e. The summed E-state index contributed by atoms with van der Waals surface area (Å²) in [7, 11) is 0. The molecule has 3 N–H and O–H groups in total. The molecule has 3 rings (SSSR count). The second-order valence-electron chi connectivity index (χ2n) is 5.38. The molecule has 2 unspecified atom stereocenters. The Bertz CT molecular complexity index is 493. The average molecular weight is 246 g/mol. The molecular formula is C14H18N2O2. The first-order chi connectivity index (χ1) is 8.58. The number of amides is 1. The van der Waals surface area contributed by atoms with Gasteiger partial charge in [0.2, 0.25) is 5.91 Å². The van der Waals surface area contributed by atoms with Gasteiger partial charge >= 0.3 is 0 Å². The Kier molecular flexibility index (Phi) is 2.64. The van der Waals surface area contributed by atoms with Gasteiger partial charge in [-0.05, 0) is 37.0 Å². The quantitative estimate of drug-likeness (QED) is 0.835. The second kappa shape index (κ2) is 4.07. The normalized spacial score (nSPS) is 28.0. The van der Waals surface area contributed by atoms with E-state index in [4.69, 9.17) is 10.5 Å². The van der Waals surface area contributed by atoms with Crippen LogP contribution >= 0.6 is 0 Å². The third-order valence-electron chi connectivity index (χ3n) is 4.02. The lowest BCUT2D eigenvalue weighted by atomic mass is 9.87. The summed E-state index contributed by atoms with van der Waals surface area (Å²) in [5.74, 6) is 0.0547. The highest BCUT2D eigenvalue weighted by atomic mass is 16.5. The van der Waals surface area contributed by atoms with E-state index in [2.05, 4.69) is 12.2 Å². The number of nitrogens with two attached hydrogens (primary N) is 1. The molecule has 2 aliphatic rings. The van der Waals surface area contributed by atoms with E-state index >= 15 is 0 Å². The first-order valence-corrected chi connectivity index (χ1v) is 6.41. The fourth-order valence-corrected chi connectivity index (χ4v) is 2.84. The van der Waals surface area contributed by atoms with Crippen molar-refractivity contribution in [2.24, 2.45) is 5.73 Å². The Balaban J connectivity index is 1.89. The summed E-state index contributed by atoms with van der Waals surface area (Å²) in [6, 6.07) is 5.82. The first-order valence-electron chi connectivity index (χ1n) is 6.41. The largest absolute Gasteiger partial charge is 0.373 e. The van der Waals surface area contributed by atoms with Crippen LogP contribution in [0.3, 0.4) is 0 Å². The number of hydrogen-bond acceptors (Lipinski definition) is 3. The topological polar surface area (TPSA) is 64.4 Å². The minimum atomic E-state index is -0.274. The summed E-state index contributed by atoms with van der Waals surface area (Å²) in [5, 5.41) is 2.83. The molecule has 18 heavy (non-hydrogen) atoms. The van der Waals surface area contributed by atoms with E-state index in [9.17, 15) is 4.79 Å². The van der Waals surface area contributed by atoms with Gasteiger partial charge in [0.05, 0.1) is 18.1 Å². The molecule has 0 aliphatic carbocycles. The van der Waals surface area contributed by atoms with Gasteiger partial charge in [-0.1, -0.05) is 12.1 Å². The van der Waals surface area contributed by atoms with Crippen molar-refractivity contribution in [3.63, 3.8) is 0 Å². The Morgan fingerprint density at radius 1 is 1.50 bits per heavy atom. The van der Waals surface area contributed by atoms with Crippen molar-refractivity contribution in [3.8, 4) is 0 Å². The van der Waals surface area contributed by atoms with Crippen molar-refractivity contribution < 1.29 is 9.53 Å². The Morgan fingerprint density at radius 3 is 3.06 bits per heavy atom. The van der Waals surface area contributed by atoms with Crippen LogP contribution in [0.5, 0.6) is 0 Å². The van der Waals surface area contributed by atoms with E-state index in [0.717, 1.165) is 36.3 Å². The summed E-state index contributed by atoms with van der Waals surface area (Å²) in [6.45, 7) is 2.86. The van der Waals surface area contributed by atoms with Crippen LogP contribution in [0, 0.1) is 0 Å². The van der Waals surface area contributed by atoms with Crippen molar-refractivity contribution in [3.05, 3.63) is 29.3 Å². The molecule has 4 nitrogen and oxygen atoms in total. The van der Waals surface area contributed by atoms with Crippen molar-refractivity contribution >= 4 is 11.6 Å². The Hall–Kier alpha value is -1.39. The predicted octanol–water partition coefficient (Wildman–Crippen LogP) is 1.75. The fourth-order valence-electron chi connectivity index (χ4n) is 2.84. The summed E-state index contributed by atoms with van der Waals surface area (Å²) in [6.07, 6.45) is 2.51. The zero-order valence-electron chi connectivity index (χ0n) is 10.5. The minimum Gasteiger partial charge on any atom is -0.373 e. The molecule has 2 aliphatic heterocycles. The number of carbonyl (C=O) groups is 1. The van der Waals surface area contributed by atoms with Gasteiger partial charge in [0, 0.05) is 12.3 Å². The SMILES string of the molecule is CC1(C(N)c2ccc3c(c2)CC(=O)N3)CCCO1. The highest BCUT2D eigenvalue weighted by Gasteiger charge is 2.37. The molecule has 0 saturated carbocycles. The van der Waals surface area contributed by atoms with Gasteiger partial charge in [-0.15, -0.1) is 0 Å². The number of nitrogens with one attached hydrogen (secondary N) is 1. The van der Waals surface area contributed by atoms with Crippen molar-refractivity contribution in [2.75, 3.05) is 11.9 Å². The number of carbonyl (C=O) groups excluding carboxylic acids is 1. The van der Waals surface area contributed by atoms with Crippen LogP contribution in [0.4, 0.5) is 5.69 Å². The van der Waals surface area contributed by atoms with Gasteiger partial charge in [-0.3, -0.25) is 4.79 Å². The van der Waals surface area contributed by atoms with Crippen LogP contribution < -0.4 is 11.1 Å². The number of rotatable bonds is 2. The number of benzene rings is 1. The van der Waals surface area contributed by atoms with Crippen molar-refractivity contribution in [1.29, 1.82) is 0 Å². The van der Waals surface area contributed by atoms with Gasteiger partial charge in [0.25, 0.3) is 0 Å². The highest BCUT2D eigenvalue weighted by molar-refractivity contribution is 5.99. The summed E-state index contributed by atoms with van der Waals surface area (Å²) >= 11 is 0. The predicted molar refractivity (Wildman–Crippen MR) is 69.3 cm³/mol. The van der Waals surface area contributed by atoms with Crippen LogP contribution in [0.15, 0.2) is 18.2 Å². The molecule has 1 aromatic carbocycles. The number of fused-ring (bicyclic) bond motifs is 1. The molecule has 1 amide bonds. The maximum absolute atomic E-state index is 11.3. The number of hydrogen-bond donors (Lipinski definition) is 2. The van der Waals surface area contributed by atoms with Crippen LogP contribution in [-0.2, 0) is 16.0 Å². The van der Waals surface area contributed by atoms with E-state index in [0.29, 0.717) is 6.42 Å². The molecule has 96 valence electrons. The fraction of sp³-hybridized carbons (Fsp3) is 0.500. The maximum atomic E-state index is 11.3. The molecule has 1 saturated heterocycles. The van der Waals surface area contributed by atoms with Crippen molar-refractivity contribution in [1.82, 2.24) is 0 Å². The van der Waals surface area contributed by atoms with E-state index in [1.807, 2.05) is 18.2 Å². The van der Waals surface area contributed by atoms with Gasteiger partial charge in [-0.25, -0.2) is 0 Å². The highest BCUT2D eigenvalue weighted by Crippen LogP contribution is 2.37. The molecule has 2 heterocycles. The monoisotopic (exact) mass is 246 g/mol. The van der Waals surface area contributed by atoms with Crippen molar-refractivity contribution in [2.45, 2.75) is 37.8 Å². The molecule has 4 heteroatoms. The lowest BCUT2D eigenvalue weighted by Gasteiger charge is -2.31. The molecule has 0 spiro atoms. The van der Waals surface area contributed by atoms with E-state index < -0.39 is 0 Å². The standard InChI is InChI=1S/C14H18N2O2/c1-14(5-2-6-18-14)13(15)9-3-4-11-10(7-9)8-12(17)16-11/h3-4,7,13H,2,5-6,8,15H2,1H3,(H,16,17). The summed E-state index contributed by atoms with van der Waals surface area (Å²) in [5.41, 5.74) is 9.06. The first kappa shape index (κ1) is 11.7. The van der Waals surface area contributed by atoms with Crippen LogP contribution in [0.1, 0.15) is 36.9 Å². The van der Waals surface area contributed by atoms with E-state index in [-0.39, 0.29) is 17.6 Å². The lowest BCUT2D eigenvalue weighted by Crippen LogP contribution is -2.37. The molecule has 0 bridgehead atoms. The number of ether oxygens (including phenoxy) is 1. The van der Waals surface area contributed by atoms with Gasteiger partial charge < -0.3 is 15.8 Å². The lowest BCUT2D eigenvalue weighted by molar-refractivity contribution is -0.115. The third kappa shape index (κ3) is 1.82. The van der Waals surface area contributed by atoms with Crippen LogP contribution in [0.25, 0.3) is 0 Å².